The number of amides is 1. The van der Waals surface area contributed by atoms with Crippen molar-refractivity contribution in [2.45, 2.75) is 6.04 Å². The molecule has 1 N–H and O–H groups in total. The molecule has 1 fully saturated rings. The molecule has 2 aromatic carbocycles. The minimum Gasteiger partial charge on any atom is -0.325 e. The number of benzene rings is 2. The average Bonchev–Trinajstić information content (AvgIpc) is 3.25. The molecule has 2 aromatic heterocycles. The molecule has 30 heavy (non-hydrogen) atoms. The Labute approximate surface area is 174 Å². The van der Waals surface area contributed by atoms with Gasteiger partial charge in [-0.05, 0) is 6.07 Å². The van der Waals surface area contributed by atoms with E-state index in [1.165, 1.54) is 20.5 Å². The van der Waals surface area contributed by atoms with E-state index in [0.29, 0.717) is 18.9 Å². The highest BCUT2D eigenvalue weighted by atomic mass is 16.2. The molecule has 0 radical (unpaired) electrons. The fraction of sp³-hybridized carbons (Fsp3) is 0.217. The van der Waals surface area contributed by atoms with Crippen molar-refractivity contribution in [1.82, 2.24) is 24.5 Å². The molecule has 0 bridgehead atoms. The normalized spacial score (nSPS) is 15.0. The summed E-state index contributed by atoms with van der Waals surface area (Å²) in [6.07, 6.45) is 3.40. The fourth-order valence-electron chi connectivity index (χ4n) is 4.21. The number of fused-ring (bicyclic) bond motifs is 1. The number of hydrogen-bond acceptors (Lipinski definition) is 4. The maximum atomic E-state index is 12.9. The Morgan fingerprint density at radius 3 is 2.13 bits per heavy atom. The van der Waals surface area contributed by atoms with Crippen molar-refractivity contribution in [3.63, 3.8) is 0 Å². The third kappa shape index (κ3) is 3.55. The smallest absolute Gasteiger partial charge is 0.294 e. The molecule has 0 atom stereocenters. The van der Waals surface area contributed by atoms with E-state index < -0.39 is 0 Å². The molecule has 5 rings (SSSR count). The van der Waals surface area contributed by atoms with Gasteiger partial charge in [-0.2, -0.15) is 4.98 Å². The fourth-order valence-corrected chi connectivity index (χ4v) is 4.21. The molecule has 0 spiro atoms. The summed E-state index contributed by atoms with van der Waals surface area (Å²) in [6, 6.07) is 23.2. The number of nitrogens with one attached hydrogen (secondary N) is 1. The summed E-state index contributed by atoms with van der Waals surface area (Å²) in [7, 11) is 0. The van der Waals surface area contributed by atoms with Gasteiger partial charge >= 0.3 is 0 Å². The summed E-state index contributed by atoms with van der Waals surface area (Å²) in [5.41, 5.74) is 2.60. The monoisotopic (exact) mass is 399 g/mol. The molecule has 7 heteroatoms. The SMILES string of the molecule is O=C(c1nc2ncccn2n1)N1CC[NH+](C(c2ccccc2)c2ccccc2)CC1. The summed E-state index contributed by atoms with van der Waals surface area (Å²) in [6.45, 7) is 3.08. The largest absolute Gasteiger partial charge is 0.325 e. The number of aromatic nitrogens is 4. The third-order valence-corrected chi connectivity index (χ3v) is 5.67. The van der Waals surface area contributed by atoms with Crippen molar-refractivity contribution in [3.05, 3.63) is 96.1 Å². The van der Waals surface area contributed by atoms with Crippen LogP contribution in [0.4, 0.5) is 0 Å². The van der Waals surface area contributed by atoms with Gasteiger partial charge in [0.15, 0.2) is 0 Å². The first-order chi connectivity index (χ1) is 14.8. The topological polar surface area (TPSA) is 67.8 Å². The van der Waals surface area contributed by atoms with E-state index in [2.05, 4.69) is 63.6 Å². The van der Waals surface area contributed by atoms with Crippen LogP contribution in [-0.4, -0.2) is 56.6 Å². The lowest BCUT2D eigenvalue weighted by atomic mass is 9.96. The standard InChI is InChI=1S/C23H22N6O/c30-22(21-25-23-24-12-7-13-29(23)26-21)28-16-14-27(15-17-28)20(18-8-3-1-4-9-18)19-10-5-2-6-11-19/h1-13,20H,14-17H2/p+1. The van der Waals surface area contributed by atoms with Crippen LogP contribution in [0, 0.1) is 0 Å². The van der Waals surface area contributed by atoms with Crippen LogP contribution in [0.1, 0.15) is 27.8 Å². The summed E-state index contributed by atoms with van der Waals surface area (Å²) in [4.78, 5) is 24.7. The van der Waals surface area contributed by atoms with Gasteiger partial charge in [0.1, 0.15) is 6.04 Å². The van der Waals surface area contributed by atoms with Crippen LogP contribution < -0.4 is 4.90 Å². The highest BCUT2D eigenvalue weighted by Crippen LogP contribution is 2.19. The highest BCUT2D eigenvalue weighted by molar-refractivity contribution is 5.90. The predicted molar refractivity (Wildman–Crippen MR) is 112 cm³/mol. The number of rotatable bonds is 4. The van der Waals surface area contributed by atoms with Crippen molar-refractivity contribution in [1.29, 1.82) is 0 Å². The molecular weight excluding hydrogens is 376 g/mol. The molecular formula is C23H23N6O+. The Hall–Kier alpha value is -3.58. The quantitative estimate of drug-likeness (QED) is 0.561. The van der Waals surface area contributed by atoms with E-state index in [1.807, 2.05) is 17.0 Å². The predicted octanol–water partition coefficient (Wildman–Crippen LogP) is 1.25. The van der Waals surface area contributed by atoms with Gasteiger partial charge in [-0.1, -0.05) is 60.7 Å². The molecule has 0 aliphatic carbocycles. The first-order valence-corrected chi connectivity index (χ1v) is 10.2. The molecule has 1 amide bonds. The van der Waals surface area contributed by atoms with Crippen molar-refractivity contribution in [2.24, 2.45) is 0 Å². The lowest BCUT2D eigenvalue weighted by Gasteiger charge is -2.36. The second kappa shape index (κ2) is 8.04. The Bertz CT molecular complexity index is 1060. The van der Waals surface area contributed by atoms with Crippen LogP contribution in [-0.2, 0) is 0 Å². The van der Waals surface area contributed by atoms with Gasteiger partial charge in [0, 0.05) is 23.5 Å². The van der Waals surface area contributed by atoms with Gasteiger partial charge in [-0.25, -0.2) is 9.50 Å². The van der Waals surface area contributed by atoms with Crippen molar-refractivity contribution in [3.8, 4) is 0 Å². The Morgan fingerprint density at radius 2 is 1.53 bits per heavy atom. The molecule has 7 nitrogen and oxygen atoms in total. The zero-order valence-electron chi connectivity index (χ0n) is 16.6. The molecule has 0 unspecified atom stereocenters. The number of nitrogens with zero attached hydrogens (tertiary/aromatic N) is 5. The van der Waals surface area contributed by atoms with Crippen LogP contribution in [0.2, 0.25) is 0 Å². The zero-order valence-corrected chi connectivity index (χ0v) is 16.6. The van der Waals surface area contributed by atoms with Crippen molar-refractivity contribution >= 4 is 11.7 Å². The van der Waals surface area contributed by atoms with Crippen LogP contribution >= 0.6 is 0 Å². The van der Waals surface area contributed by atoms with Gasteiger partial charge < -0.3 is 9.80 Å². The molecule has 1 aliphatic rings. The molecule has 150 valence electrons. The molecule has 0 saturated carbocycles. The van der Waals surface area contributed by atoms with Gasteiger partial charge in [0.05, 0.1) is 26.2 Å². The summed E-state index contributed by atoms with van der Waals surface area (Å²) >= 11 is 0. The molecule has 3 heterocycles. The molecule has 4 aromatic rings. The number of carbonyl (C=O) groups is 1. The lowest BCUT2D eigenvalue weighted by Crippen LogP contribution is -3.15. The maximum Gasteiger partial charge on any atom is 0.294 e. The average molecular weight is 399 g/mol. The van der Waals surface area contributed by atoms with Gasteiger partial charge in [0.2, 0.25) is 5.82 Å². The second-order valence-electron chi connectivity index (χ2n) is 7.50. The van der Waals surface area contributed by atoms with Crippen LogP contribution in [0.25, 0.3) is 5.78 Å². The third-order valence-electron chi connectivity index (χ3n) is 5.67. The molecule has 1 saturated heterocycles. The van der Waals surface area contributed by atoms with Crippen molar-refractivity contribution < 1.29 is 9.69 Å². The van der Waals surface area contributed by atoms with Crippen molar-refractivity contribution in [2.75, 3.05) is 26.2 Å². The van der Waals surface area contributed by atoms with E-state index in [1.54, 1.807) is 18.5 Å². The summed E-state index contributed by atoms with van der Waals surface area (Å²) in [5, 5.41) is 4.28. The van der Waals surface area contributed by atoms with E-state index in [0.717, 1.165) is 13.1 Å². The van der Waals surface area contributed by atoms with Gasteiger partial charge in [0.25, 0.3) is 11.7 Å². The first-order valence-electron chi connectivity index (χ1n) is 10.2. The Kier molecular flexibility index (Phi) is 4.94. The van der Waals surface area contributed by atoms with E-state index >= 15 is 0 Å². The van der Waals surface area contributed by atoms with Gasteiger partial charge in [-0.3, -0.25) is 4.79 Å². The second-order valence-corrected chi connectivity index (χ2v) is 7.50. The Morgan fingerprint density at radius 1 is 0.900 bits per heavy atom. The van der Waals surface area contributed by atoms with E-state index in [-0.39, 0.29) is 17.8 Å². The minimum absolute atomic E-state index is 0.129. The molecule has 1 aliphatic heterocycles. The number of hydrogen-bond donors (Lipinski definition) is 1. The highest BCUT2D eigenvalue weighted by Gasteiger charge is 2.32. The van der Waals surface area contributed by atoms with Crippen LogP contribution in [0.3, 0.4) is 0 Å². The Balaban J connectivity index is 1.34. The van der Waals surface area contributed by atoms with Crippen LogP contribution in [0.5, 0.6) is 0 Å². The summed E-state index contributed by atoms with van der Waals surface area (Å²) in [5.74, 6) is 0.522. The zero-order chi connectivity index (χ0) is 20.3. The number of quaternary nitrogens is 1. The van der Waals surface area contributed by atoms with Gasteiger partial charge in [-0.15, -0.1) is 5.10 Å². The van der Waals surface area contributed by atoms with Crippen LogP contribution in [0.15, 0.2) is 79.1 Å². The van der Waals surface area contributed by atoms with E-state index in [4.69, 9.17) is 0 Å². The maximum absolute atomic E-state index is 12.9. The van der Waals surface area contributed by atoms with E-state index in [9.17, 15) is 4.79 Å². The minimum atomic E-state index is -0.129. The lowest BCUT2D eigenvalue weighted by molar-refractivity contribution is -0.929. The number of carbonyl (C=O) groups excluding carboxylic acids is 1. The first kappa shape index (κ1) is 18.4. The number of piperazine rings is 1. The summed E-state index contributed by atoms with van der Waals surface area (Å²) < 4.78 is 1.54.